The zero-order valence-corrected chi connectivity index (χ0v) is 11.1. The van der Waals surface area contributed by atoms with E-state index in [0.29, 0.717) is 13.2 Å². The number of rotatable bonds is 6. The minimum atomic E-state index is -0.518. The highest BCUT2D eigenvalue weighted by Gasteiger charge is 2.09. The molecule has 0 amide bonds. The molecule has 0 spiro atoms. The molecule has 0 radical (unpaired) electrons. The first-order valence-electron chi connectivity index (χ1n) is 6.03. The van der Waals surface area contributed by atoms with Crippen LogP contribution in [0.2, 0.25) is 0 Å². The molecule has 17 heavy (non-hydrogen) atoms. The molecule has 0 aliphatic heterocycles. The fourth-order valence-corrected chi connectivity index (χ4v) is 1.56. The molecule has 1 aromatic carbocycles. The van der Waals surface area contributed by atoms with E-state index in [1.165, 1.54) is 0 Å². The highest BCUT2D eigenvalue weighted by atomic mass is 16.5. The number of ether oxygens (including phenoxy) is 2. The van der Waals surface area contributed by atoms with Crippen molar-refractivity contribution in [3.63, 3.8) is 0 Å². The van der Waals surface area contributed by atoms with Gasteiger partial charge in [0, 0.05) is 5.56 Å². The second-order valence-electron chi connectivity index (χ2n) is 4.49. The van der Waals surface area contributed by atoms with Gasteiger partial charge in [0.05, 0.1) is 18.8 Å². The van der Waals surface area contributed by atoms with Crippen molar-refractivity contribution in [3.05, 3.63) is 29.3 Å². The Hall–Kier alpha value is -1.06. The molecule has 1 N–H and O–H groups in total. The smallest absolute Gasteiger partial charge is 0.125 e. The van der Waals surface area contributed by atoms with E-state index in [-0.39, 0.29) is 6.10 Å². The molecule has 0 saturated heterocycles. The van der Waals surface area contributed by atoms with Gasteiger partial charge in [-0.3, -0.25) is 0 Å². The van der Waals surface area contributed by atoms with E-state index in [1.54, 1.807) is 6.92 Å². The summed E-state index contributed by atoms with van der Waals surface area (Å²) in [5.41, 5.74) is 1.95. The molecule has 96 valence electrons. The summed E-state index contributed by atoms with van der Waals surface area (Å²) in [7, 11) is 0. The molecule has 0 bridgehead atoms. The summed E-state index contributed by atoms with van der Waals surface area (Å²) < 4.78 is 11.0. The lowest BCUT2D eigenvalue weighted by Gasteiger charge is -2.15. The Morgan fingerprint density at radius 3 is 2.47 bits per heavy atom. The average molecular weight is 238 g/mol. The van der Waals surface area contributed by atoms with Gasteiger partial charge in [-0.1, -0.05) is 11.6 Å². The van der Waals surface area contributed by atoms with E-state index < -0.39 is 6.10 Å². The molecule has 0 aromatic heterocycles. The largest absolute Gasteiger partial charge is 0.491 e. The lowest BCUT2D eigenvalue weighted by molar-refractivity contribution is 0.0543. The number of aliphatic hydroxyl groups is 1. The van der Waals surface area contributed by atoms with Crippen LogP contribution >= 0.6 is 0 Å². The summed E-state index contributed by atoms with van der Waals surface area (Å²) in [6.07, 6.45) is -0.302. The number of hydrogen-bond donors (Lipinski definition) is 1. The molecule has 0 aliphatic carbocycles. The zero-order valence-electron chi connectivity index (χ0n) is 11.1. The SMILES string of the molecule is Cc1ccc(OCCOC(C)C)c(C(C)O)c1. The van der Waals surface area contributed by atoms with E-state index in [9.17, 15) is 5.11 Å². The van der Waals surface area contributed by atoms with Gasteiger partial charge in [-0.15, -0.1) is 0 Å². The summed E-state index contributed by atoms with van der Waals surface area (Å²) in [6, 6.07) is 5.82. The molecule has 1 aromatic rings. The molecule has 1 rings (SSSR count). The summed E-state index contributed by atoms with van der Waals surface area (Å²) in [5, 5.41) is 9.66. The van der Waals surface area contributed by atoms with Crippen LogP contribution in [0.3, 0.4) is 0 Å². The Morgan fingerprint density at radius 2 is 1.88 bits per heavy atom. The predicted octanol–water partition coefficient (Wildman–Crippen LogP) is 2.85. The minimum Gasteiger partial charge on any atom is -0.491 e. The van der Waals surface area contributed by atoms with Crippen LogP contribution in [0, 0.1) is 6.92 Å². The third kappa shape index (κ3) is 4.75. The molecule has 3 nitrogen and oxygen atoms in total. The van der Waals surface area contributed by atoms with Crippen LogP contribution in [0.1, 0.15) is 38.0 Å². The van der Waals surface area contributed by atoms with Gasteiger partial charge in [-0.2, -0.15) is 0 Å². The fraction of sp³-hybridized carbons (Fsp3) is 0.571. The van der Waals surface area contributed by atoms with Gasteiger partial charge < -0.3 is 14.6 Å². The second kappa shape index (κ2) is 6.62. The molecule has 0 saturated carbocycles. The first-order chi connectivity index (χ1) is 8.00. The highest BCUT2D eigenvalue weighted by molar-refractivity contribution is 5.38. The van der Waals surface area contributed by atoms with Crippen LogP contribution in [0.5, 0.6) is 5.75 Å². The van der Waals surface area contributed by atoms with Crippen LogP contribution in [-0.4, -0.2) is 24.4 Å². The van der Waals surface area contributed by atoms with Crippen molar-refractivity contribution < 1.29 is 14.6 Å². The van der Waals surface area contributed by atoms with Gasteiger partial charge >= 0.3 is 0 Å². The van der Waals surface area contributed by atoms with Crippen LogP contribution in [0.15, 0.2) is 18.2 Å². The van der Waals surface area contributed by atoms with Gasteiger partial charge in [0.25, 0.3) is 0 Å². The van der Waals surface area contributed by atoms with Crippen molar-refractivity contribution in [1.82, 2.24) is 0 Å². The maximum atomic E-state index is 9.66. The molecule has 1 unspecified atom stereocenters. The van der Waals surface area contributed by atoms with E-state index in [4.69, 9.17) is 9.47 Å². The van der Waals surface area contributed by atoms with Crippen molar-refractivity contribution in [2.45, 2.75) is 39.9 Å². The minimum absolute atomic E-state index is 0.216. The van der Waals surface area contributed by atoms with Gasteiger partial charge in [0.15, 0.2) is 0 Å². The van der Waals surface area contributed by atoms with Crippen molar-refractivity contribution in [2.75, 3.05) is 13.2 Å². The van der Waals surface area contributed by atoms with Crippen LogP contribution in [-0.2, 0) is 4.74 Å². The predicted molar refractivity (Wildman–Crippen MR) is 68.4 cm³/mol. The molecule has 0 aliphatic rings. The molecule has 3 heteroatoms. The van der Waals surface area contributed by atoms with Gasteiger partial charge in [-0.05, 0) is 39.8 Å². The topological polar surface area (TPSA) is 38.7 Å². The quantitative estimate of drug-likeness (QED) is 0.774. The molecule has 0 heterocycles. The Morgan fingerprint density at radius 1 is 1.18 bits per heavy atom. The first-order valence-corrected chi connectivity index (χ1v) is 6.03. The van der Waals surface area contributed by atoms with Crippen molar-refractivity contribution in [1.29, 1.82) is 0 Å². The molecule has 0 fully saturated rings. The van der Waals surface area contributed by atoms with E-state index >= 15 is 0 Å². The van der Waals surface area contributed by atoms with E-state index in [2.05, 4.69) is 0 Å². The maximum Gasteiger partial charge on any atom is 0.125 e. The van der Waals surface area contributed by atoms with E-state index in [1.807, 2.05) is 39.0 Å². The maximum absolute atomic E-state index is 9.66. The first kappa shape index (κ1) is 14.0. The number of benzene rings is 1. The summed E-state index contributed by atoms with van der Waals surface area (Å²) in [6.45, 7) is 8.79. The summed E-state index contributed by atoms with van der Waals surface area (Å²) in [4.78, 5) is 0. The Bertz CT molecular complexity index is 345. The van der Waals surface area contributed by atoms with Crippen molar-refractivity contribution in [3.8, 4) is 5.75 Å². The Kier molecular flexibility index (Phi) is 5.45. The third-order valence-corrected chi connectivity index (χ3v) is 2.41. The Labute approximate surface area is 103 Å². The molecular weight excluding hydrogens is 216 g/mol. The zero-order chi connectivity index (χ0) is 12.8. The lowest BCUT2D eigenvalue weighted by Crippen LogP contribution is -2.12. The summed E-state index contributed by atoms with van der Waals surface area (Å²) in [5.74, 6) is 0.734. The normalized spacial score (nSPS) is 12.8. The fourth-order valence-electron chi connectivity index (χ4n) is 1.56. The van der Waals surface area contributed by atoms with Crippen LogP contribution < -0.4 is 4.74 Å². The third-order valence-electron chi connectivity index (χ3n) is 2.41. The molecular formula is C14H22O3. The van der Waals surface area contributed by atoms with Crippen molar-refractivity contribution in [2.24, 2.45) is 0 Å². The Balaban J connectivity index is 2.58. The number of aliphatic hydroxyl groups excluding tert-OH is 1. The average Bonchev–Trinajstić information content (AvgIpc) is 2.25. The second-order valence-corrected chi connectivity index (χ2v) is 4.49. The van der Waals surface area contributed by atoms with Crippen LogP contribution in [0.4, 0.5) is 0 Å². The monoisotopic (exact) mass is 238 g/mol. The number of aryl methyl sites for hydroxylation is 1. The van der Waals surface area contributed by atoms with Gasteiger partial charge in [-0.25, -0.2) is 0 Å². The van der Waals surface area contributed by atoms with Crippen LogP contribution in [0.25, 0.3) is 0 Å². The number of hydrogen-bond acceptors (Lipinski definition) is 3. The van der Waals surface area contributed by atoms with Gasteiger partial charge in [0.2, 0.25) is 0 Å². The lowest BCUT2D eigenvalue weighted by atomic mass is 10.1. The van der Waals surface area contributed by atoms with E-state index in [0.717, 1.165) is 16.9 Å². The molecule has 1 atom stereocenters. The standard InChI is InChI=1S/C14H22O3/c1-10(2)16-7-8-17-14-6-5-11(3)9-13(14)12(4)15/h5-6,9-10,12,15H,7-8H2,1-4H3. The van der Waals surface area contributed by atoms with Gasteiger partial charge in [0.1, 0.15) is 12.4 Å². The summed E-state index contributed by atoms with van der Waals surface area (Å²) >= 11 is 0. The van der Waals surface area contributed by atoms with Crippen molar-refractivity contribution >= 4 is 0 Å². The highest BCUT2D eigenvalue weighted by Crippen LogP contribution is 2.26.